The highest BCUT2D eigenvalue weighted by Crippen LogP contribution is 2.61. The molecule has 2 amide bonds. The van der Waals surface area contributed by atoms with Gasteiger partial charge < -0.3 is 50.0 Å². The van der Waals surface area contributed by atoms with Crippen molar-refractivity contribution in [2.75, 3.05) is 52.7 Å². The van der Waals surface area contributed by atoms with Crippen LogP contribution < -0.4 is 5.32 Å². The Morgan fingerprint density at radius 1 is 1.04 bits per heavy atom. The van der Waals surface area contributed by atoms with Crippen molar-refractivity contribution in [1.82, 2.24) is 15.1 Å². The second-order valence-electron chi connectivity index (χ2n) is 14.8. The number of amides is 2. The van der Waals surface area contributed by atoms with Crippen molar-refractivity contribution in [1.29, 1.82) is 5.26 Å². The molecule has 7 atom stereocenters. The van der Waals surface area contributed by atoms with E-state index in [-0.39, 0.29) is 24.7 Å². The number of nitrogens with zero attached hydrogens (tertiary/aromatic N) is 3. The highest BCUT2D eigenvalue weighted by Gasteiger charge is 2.63. The summed E-state index contributed by atoms with van der Waals surface area (Å²) in [5, 5.41) is 60.2. The van der Waals surface area contributed by atoms with E-state index in [1.165, 1.54) is 4.90 Å². The summed E-state index contributed by atoms with van der Waals surface area (Å²) in [7, 11) is 0. The molecule has 0 aromatic carbocycles. The topological polar surface area (TPSA) is 205 Å². The molecule has 4 bridgehead atoms. The smallest absolute Gasteiger partial charge is 0.411 e. The van der Waals surface area contributed by atoms with Crippen LogP contribution in [0.25, 0.3) is 0 Å². The molecule has 14 heteroatoms. The van der Waals surface area contributed by atoms with Crippen LogP contribution in [0, 0.1) is 23.2 Å². The van der Waals surface area contributed by atoms with Crippen molar-refractivity contribution < 1.29 is 49.3 Å². The lowest BCUT2D eigenvalue weighted by atomic mass is 9.50. The van der Waals surface area contributed by atoms with E-state index in [0.717, 1.165) is 38.5 Å². The number of aliphatic hydroxyl groups is 5. The van der Waals surface area contributed by atoms with E-state index in [2.05, 4.69) is 11.4 Å². The molecule has 46 heavy (non-hydrogen) atoms. The molecule has 4 saturated carbocycles. The highest BCUT2D eigenvalue weighted by molar-refractivity contribution is 5.81. The molecule has 0 aromatic rings. The molecule has 1 aliphatic heterocycles. The molecule has 0 radical (unpaired) electrons. The second-order valence-corrected chi connectivity index (χ2v) is 14.8. The van der Waals surface area contributed by atoms with Gasteiger partial charge in [0.25, 0.3) is 5.91 Å². The van der Waals surface area contributed by atoms with Crippen LogP contribution in [0.2, 0.25) is 0 Å². The third kappa shape index (κ3) is 8.49. The standard InChI is InChI=1S/C32H54N4O10/c1-30(2,3)36(29(43)45-19-26(40)35-7-4-5-23(35)16-33)31-12-21-11-22(13-31)15-32(14-21,20-31)46-10-9-44-8-6-34-17-24(38)27(41)28(42)25(39)18-37/h21-25,27-28,34,37-39,41-42H,4-15,17-20H2,1-3H3/t21?,22?,23-,24-,25+,27+,28+,31?,32?/m0/s1. The predicted molar refractivity (Wildman–Crippen MR) is 164 cm³/mol. The molecule has 5 rings (SSSR count). The zero-order valence-electron chi connectivity index (χ0n) is 27.5. The number of hydrogen-bond donors (Lipinski definition) is 6. The Morgan fingerprint density at radius 2 is 1.72 bits per heavy atom. The average Bonchev–Trinajstić information content (AvgIpc) is 3.47. The Kier molecular flexibility index (Phi) is 12.3. The zero-order valence-corrected chi connectivity index (χ0v) is 27.5. The van der Waals surface area contributed by atoms with Crippen LogP contribution in [0.1, 0.15) is 72.1 Å². The Hall–Kier alpha value is -2.09. The maximum Gasteiger partial charge on any atom is 0.411 e. The highest BCUT2D eigenvalue weighted by atomic mass is 16.6. The normalized spacial score (nSPS) is 31.3. The number of rotatable bonds is 16. The van der Waals surface area contributed by atoms with Crippen LogP contribution in [-0.4, -0.2) is 147 Å². The summed E-state index contributed by atoms with van der Waals surface area (Å²) in [6.45, 7) is 6.78. The number of nitriles is 1. The SMILES string of the molecule is CC(C)(C)N(C(=O)OCC(=O)N1CCC[C@H]1C#N)C12CC3CC(CC(OCCOCCNC[C@H](O)[C@@H](O)[C@H](O)[C@H](O)CO)(C3)C1)C2. The molecule has 14 nitrogen and oxygen atoms in total. The summed E-state index contributed by atoms with van der Waals surface area (Å²) < 4.78 is 18.0. The van der Waals surface area contributed by atoms with Gasteiger partial charge in [-0.25, -0.2) is 4.79 Å². The summed E-state index contributed by atoms with van der Waals surface area (Å²) in [5.41, 5.74) is -1.37. The average molecular weight is 655 g/mol. The van der Waals surface area contributed by atoms with Crippen molar-refractivity contribution in [3.8, 4) is 6.07 Å². The molecule has 5 aliphatic rings. The maximum absolute atomic E-state index is 13.8. The van der Waals surface area contributed by atoms with Crippen molar-refractivity contribution in [2.45, 2.75) is 119 Å². The molecule has 5 fully saturated rings. The molecular formula is C32H54N4O10. The van der Waals surface area contributed by atoms with Crippen LogP contribution in [0.3, 0.4) is 0 Å². The van der Waals surface area contributed by atoms with Crippen LogP contribution in [0.5, 0.6) is 0 Å². The van der Waals surface area contributed by atoms with Gasteiger partial charge in [0.2, 0.25) is 0 Å². The minimum atomic E-state index is -1.66. The van der Waals surface area contributed by atoms with Gasteiger partial charge in [-0.2, -0.15) is 5.26 Å². The predicted octanol–water partition coefficient (Wildman–Crippen LogP) is -0.112. The second kappa shape index (κ2) is 15.4. The fourth-order valence-electron chi connectivity index (χ4n) is 8.71. The van der Waals surface area contributed by atoms with Gasteiger partial charge in [-0.05, 0) is 84.0 Å². The number of carbonyl (C=O) groups excluding carboxylic acids is 2. The maximum atomic E-state index is 13.8. The van der Waals surface area contributed by atoms with E-state index in [1.54, 1.807) is 0 Å². The molecule has 2 unspecified atom stereocenters. The molecular weight excluding hydrogens is 600 g/mol. The Labute approximate surface area is 271 Å². The monoisotopic (exact) mass is 654 g/mol. The molecule has 0 aromatic heterocycles. The zero-order chi connectivity index (χ0) is 33.7. The van der Waals surface area contributed by atoms with Crippen LogP contribution in [0.15, 0.2) is 0 Å². The lowest BCUT2D eigenvalue weighted by molar-refractivity contribution is -0.208. The Balaban J connectivity index is 1.26. The van der Waals surface area contributed by atoms with Crippen LogP contribution in [-0.2, 0) is 19.0 Å². The minimum Gasteiger partial charge on any atom is -0.439 e. The number of hydrogen-bond acceptors (Lipinski definition) is 12. The third-order valence-electron chi connectivity index (χ3n) is 10.1. The van der Waals surface area contributed by atoms with Crippen molar-refractivity contribution in [2.24, 2.45) is 11.8 Å². The van der Waals surface area contributed by atoms with E-state index >= 15 is 0 Å². The van der Waals surface area contributed by atoms with Crippen LogP contribution >= 0.6 is 0 Å². The molecule has 4 aliphatic carbocycles. The summed E-state index contributed by atoms with van der Waals surface area (Å²) in [5.74, 6) is 0.507. The van der Waals surface area contributed by atoms with Crippen molar-refractivity contribution >= 4 is 12.0 Å². The molecule has 262 valence electrons. The van der Waals surface area contributed by atoms with Gasteiger partial charge in [-0.3, -0.25) is 9.69 Å². The first kappa shape index (κ1) is 36.7. The van der Waals surface area contributed by atoms with Gasteiger partial charge in [-0.1, -0.05) is 0 Å². The fourth-order valence-corrected chi connectivity index (χ4v) is 8.71. The number of likely N-dealkylation sites (tertiary alicyclic amines) is 1. The molecule has 6 N–H and O–H groups in total. The number of aliphatic hydroxyl groups excluding tert-OH is 5. The van der Waals surface area contributed by atoms with Gasteiger partial charge in [0.15, 0.2) is 6.61 Å². The Bertz CT molecular complexity index is 1070. The minimum absolute atomic E-state index is 0.0380. The molecule has 1 saturated heterocycles. The summed E-state index contributed by atoms with van der Waals surface area (Å²) >= 11 is 0. The van der Waals surface area contributed by atoms with E-state index in [1.807, 2.05) is 25.7 Å². The largest absolute Gasteiger partial charge is 0.439 e. The lowest BCUT2D eigenvalue weighted by Crippen LogP contribution is -2.70. The summed E-state index contributed by atoms with van der Waals surface area (Å²) in [4.78, 5) is 30.0. The number of ether oxygens (including phenoxy) is 3. The van der Waals surface area contributed by atoms with Gasteiger partial charge in [0.05, 0.1) is 49.7 Å². The van der Waals surface area contributed by atoms with Crippen LogP contribution in [0.4, 0.5) is 4.79 Å². The third-order valence-corrected chi connectivity index (χ3v) is 10.1. The summed E-state index contributed by atoms with van der Waals surface area (Å²) in [6.07, 6.45) is 0.148. The lowest BCUT2D eigenvalue weighted by Gasteiger charge is -2.65. The Morgan fingerprint density at radius 3 is 2.35 bits per heavy atom. The molecule has 1 heterocycles. The van der Waals surface area contributed by atoms with E-state index in [9.17, 15) is 35.3 Å². The molecule has 0 spiro atoms. The number of carbonyl (C=O) groups is 2. The van der Waals surface area contributed by atoms with Gasteiger partial charge in [0, 0.05) is 25.2 Å². The van der Waals surface area contributed by atoms with Crippen molar-refractivity contribution in [3.05, 3.63) is 0 Å². The fraction of sp³-hybridized carbons (Fsp3) is 0.906. The van der Waals surface area contributed by atoms with E-state index in [4.69, 9.17) is 19.3 Å². The first-order valence-electron chi connectivity index (χ1n) is 16.7. The quantitative estimate of drug-likeness (QED) is 0.121. The first-order chi connectivity index (χ1) is 21.7. The summed E-state index contributed by atoms with van der Waals surface area (Å²) in [6, 6.07) is 1.69. The van der Waals surface area contributed by atoms with E-state index < -0.39 is 54.2 Å². The number of nitrogens with one attached hydrogen (secondary N) is 1. The van der Waals surface area contributed by atoms with Gasteiger partial charge >= 0.3 is 6.09 Å². The first-order valence-corrected chi connectivity index (χ1v) is 16.7. The van der Waals surface area contributed by atoms with Gasteiger partial charge in [-0.15, -0.1) is 0 Å². The van der Waals surface area contributed by atoms with Gasteiger partial charge in [0.1, 0.15) is 24.4 Å². The van der Waals surface area contributed by atoms with Crippen molar-refractivity contribution in [3.63, 3.8) is 0 Å². The van der Waals surface area contributed by atoms with E-state index in [0.29, 0.717) is 57.6 Å².